The van der Waals surface area contributed by atoms with Crippen molar-refractivity contribution in [3.8, 4) is 5.75 Å². The molecule has 1 aliphatic carbocycles. The Labute approximate surface area is 120 Å². The summed E-state index contributed by atoms with van der Waals surface area (Å²) in [6.45, 7) is 0. The molecule has 0 bridgehead atoms. The van der Waals surface area contributed by atoms with E-state index < -0.39 is 0 Å². The van der Waals surface area contributed by atoms with Crippen LogP contribution in [0.2, 0.25) is 0 Å². The molecule has 1 amide bonds. The summed E-state index contributed by atoms with van der Waals surface area (Å²) in [7, 11) is 1.64. The number of hydrogen-bond acceptors (Lipinski definition) is 3. The molecule has 1 aliphatic rings. The Kier molecular flexibility index (Phi) is 5.41. The minimum absolute atomic E-state index is 0.00172. The van der Waals surface area contributed by atoms with Crippen molar-refractivity contribution < 1.29 is 14.6 Å². The lowest BCUT2D eigenvalue weighted by Gasteiger charge is -2.28. The van der Waals surface area contributed by atoms with E-state index >= 15 is 0 Å². The van der Waals surface area contributed by atoms with Crippen LogP contribution in [0.4, 0.5) is 0 Å². The lowest BCUT2D eigenvalue weighted by atomic mass is 9.92. The average Bonchev–Trinajstić information content (AvgIpc) is 2.48. The predicted molar refractivity (Wildman–Crippen MR) is 77.7 cm³/mol. The van der Waals surface area contributed by atoms with Gasteiger partial charge in [-0.2, -0.15) is 0 Å². The number of aryl methyl sites for hydroxylation is 1. The first kappa shape index (κ1) is 14.9. The number of benzene rings is 1. The number of para-hydroxylation sites is 1. The number of rotatable bonds is 5. The lowest BCUT2D eigenvalue weighted by molar-refractivity contribution is -0.123. The average molecular weight is 277 g/mol. The first-order chi connectivity index (χ1) is 9.70. The second kappa shape index (κ2) is 7.29. The van der Waals surface area contributed by atoms with Gasteiger partial charge in [-0.15, -0.1) is 0 Å². The van der Waals surface area contributed by atoms with E-state index in [0.717, 1.165) is 37.0 Å². The molecule has 0 spiro atoms. The topological polar surface area (TPSA) is 58.6 Å². The zero-order chi connectivity index (χ0) is 14.4. The van der Waals surface area contributed by atoms with Gasteiger partial charge >= 0.3 is 0 Å². The molecule has 2 N–H and O–H groups in total. The zero-order valence-electron chi connectivity index (χ0n) is 12.0. The molecule has 2 rings (SSSR count). The molecule has 4 heteroatoms. The quantitative estimate of drug-likeness (QED) is 0.866. The molecule has 2 atom stereocenters. The number of ether oxygens (including phenoxy) is 1. The Morgan fingerprint density at radius 2 is 2.10 bits per heavy atom. The van der Waals surface area contributed by atoms with E-state index in [2.05, 4.69) is 5.32 Å². The second-order valence-electron chi connectivity index (χ2n) is 5.34. The molecule has 1 fully saturated rings. The fourth-order valence-electron chi connectivity index (χ4n) is 2.72. The highest BCUT2D eigenvalue weighted by Crippen LogP contribution is 2.20. The molecule has 0 unspecified atom stereocenters. The molecule has 0 aliphatic heterocycles. The lowest BCUT2D eigenvalue weighted by Crippen LogP contribution is -2.45. The van der Waals surface area contributed by atoms with E-state index in [1.54, 1.807) is 7.11 Å². The minimum Gasteiger partial charge on any atom is -0.496 e. The number of aliphatic hydroxyl groups excluding tert-OH is 1. The van der Waals surface area contributed by atoms with Crippen molar-refractivity contribution in [2.45, 2.75) is 50.7 Å². The Bertz CT molecular complexity index is 447. The van der Waals surface area contributed by atoms with Crippen LogP contribution in [0.25, 0.3) is 0 Å². The molecule has 0 aromatic heterocycles. The highest BCUT2D eigenvalue weighted by Gasteiger charge is 2.24. The number of nitrogens with one attached hydrogen (secondary N) is 1. The summed E-state index contributed by atoms with van der Waals surface area (Å²) in [5, 5.41) is 12.8. The largest absolute Gasteiger partial charge is 0.496 e. The number of aliphatic hydroxyl groups is 1. The van der Waals surface area contributed by atoms with E-state index in [9.17, 15) is 9.90 Å². The highest BCUT2D eigenvalue weighted by molar-refractivity contribution is 5.76. The summed E-state index contributed by atoms with van der Waals surface area (Å²) >= 11 is 0. The highest BCUT2D eigenvalue weighted by atomic mass is 16.5. The van der Waals surface area contributed by atoms with Crippen LogP contribution in [0.1, 0.15) is 37.7 Å². The third-order valence-electron chi connectivity index (χ3n) is 3.89. The van der Waals surface area contributed by atoms with Crippen LogP contribution >= 0.6 is 0 Å². The monoisotopic (exact) mass is 277 g/mol. The van der Waals surface area contributed by atoms with Gasteiger partial charge < -0.3 is 15.2 Å². The van der Waals surface area contributed by atoms with Gasteiger partial charge in [-0.25, -0.2) is 0 Å². The van der Waals surface area contributed by atoms with Crippen LogP contribution in [0.15, 0.2) is 24.3 Å². The Hall–Kier alpha value is -1.55. The normalized spacial score (nSPS) is 22.3. The molecule has 0 heterocycles. The summed E-state index contributed by atoms with van der Waals surface area (Å²) in [6, 6.07) is 7.66. The van der Waals surface area contributed by atoms with E-state index in [0.29, 0.717) is 12.8 Å². The van der Waals surface area contributed by atoms with Crippen LogP contribution in [-0.2, 0) is 11.2 Å². The molecular weight excluding hydrogens is 254 g/mol. The van der Waals surface area contributed by atoms with Crippen molar-refractivity contribution >= 4 is 5.91 Å². The van der Waals surface area contributed by atoms with E-state index in [1.165, 1.54) is 0 Å². The van der Waals surface area contributed by atoms with Crippen LogP contribution in [0.3, 0.4) is 0 Å². The van der Waals surface area contributed by atoms with Gasteiger partial charge in [-0.05, 0) is 30.9 Å². The smallest absolute Gasteiger partial charge is 0.220 e. The molecule has 1 aromatic carbocycles. The third kappa shape index (κ3) is 3.97. The summed E-state index contributed by atoms with van der Waals surface area (Å²) < 4.78 is 5.27. The van der Waals surface area contributed by atoms with E-state index in [1.807, 2.05) is 24.3 Å². The Morgan fingerprint density at radius 1 is 1.35 bits per heavy atom. The number of amides is 1. The van der Waals surface area contributed by atoms with Gasteiger partial charge in [-0.3, -0.25) is 4.79 Å². The van der Waals surface area contributed by atoms with Crippen molar-refractivity contribution in [3.63, 3.8) is 0 Å². The van der Waals surface area contributed by atoms with Crippen LogP contribution in [0, 0.1) is 0 Å². The van der Waals surface area contributed by atoms with Gasteiger partial charge in [0.1, 0.15) is 5.75 Å². The maximum Gasteiger partial charge on any atom is 0.220 e. The molecule has 20 heavy (non-hydrogen) atoms. The van der Waals surface area contributed by atoms with Gasteiger partial charge in [0.05, 0.1) is 19.3 Å². The molecule has 0 saturated heterocycles. The number of carbonyl (C=O) groups excluding carboxylic acids is 1. The molecule has 110 valence electrons. The second-order valence-corrected chi connectivity index (χ2v) is 5.34. The SMILES string of the molecule is COc1ccccc1CCC(=O)N[C@@H]1CCCC[C@H]1O. The van der Waals surface area contributed by atoms with Crippen molar-refractivity contribution in [1.82, 2.24) is 5.32 Å². The van der Waals surface area contributed by atoms with Gasteiger partial charge in [0, 0.05) is 6.42 Å². The third-order valence-corrected chi connectivity index (χ3v) is 3.89. The summed E-state index contributed by atoms with van der Waals surface area (Å²) in [5.41, 5.74) is 1.04. The van der Waals surface area contributed by atoms with Crippen molar-refractivity contribution in [2.75, 3.05) is 7.11 Å². The molecule has 4 nitrogen and oxygen atoms in total. The Morgan fingerprint density at radius 3 is 2.85 bits per heavy atom. The maximum absolute atomic E-state index is 12.0. The standard InChI is InChI=1S/C16H23NO3/c1-20-15-9-5-2-6-12(15)10-11-16(19)17-13-7-3-4-8-14(13)18/h2,5-6,9,13-14,18H,3-4,7-8,10-11H2,1H3,(H,17,19)/t13-,14-/m1/s1. The predicted octanol–water partition coefficient (Wildman–Crippen LogP) is 2.05. The van der Waals surface area contributed by atoms with Gasteiger partial charge in [0.15, 0.2) is 0 Å². The first-order valence-electron chi connectivity index (χ1n) is 7.30. The summed E-state index contributed by atoms with van der Waals surface area (Å²) in [6.07, 6.45) is 4.48. The number of hydrogen-bond donors (Lipinski definition) is 2. The maximum atomic E-state index is 12.0. The first-order valence-corrected chi connectivity index (χ1v) is 7.30. The van der Waals surface area contributed by atoms with E-state index in [4.69, 9.17) is 4.74 Å². The van der Waals surface area contributed by atoms with Gasteiger partial charge in [0.2, 0.25) is 5.91 Å². The number of methoxy groups -OCH3 is 1. The summed E-state index contributed by atoms with van der Waals surface area (Å²) in [5.74, 6) is 0.819. The van der Waals surface area contributed by atoms with E-state index in [-0.39, 0.29) is 18.1 Å². The fourth-order valence-corrected chi connectivity index (χ4v) is 2.72. The fraction of sp³-hybridized carbons (Fsp3) is 0.562. The molecule has 0 radical (unpaired) electrons. The van der Waals surface area contributed by atoms with Gasteiger partial charge in [0.25, 0.3) is 0 Å². The van der Waals surface area contributed by atoms with Crippen molar-refractivity contribution in [2.24, 2.45) is 0 Å². The van der Waals surface area contributed by atoms with Crippen LogP contribution in [-0.4, -0.2) is 30.3 Å². The zero-order valence-corrected chi connectivity index (χ0v) is 12.0. The van der Waals surface area contributed by atoms with Crippen molar-refractivity contribution in [1.29, 1.82) is 0 Å². The molecule has 1 aromatic rings. The van der Waals surface area contributed by atoms with Gasteiger partial charge in [-0.1, -0.05) is 31.0 Å². The molecular formula is C16H23NO3. The minimum atomic E-state index is -0.390. The van der Waals surface area contributed by atoms with Crippen LogP contribution in [0.5, 0.6) is 5.75 Å². The van der Waals surface area contributed by atoms with Crippen LogP contribution < -0.4 is 10.1 Å². The molecule has 1 saturated carbocycles. The van der Waals surface area contributed by atoms with Crippen molar-refractivity contribution in [3.05, 3.63) is 29.8 Å². The summed E-state index contributed by atoms with van der Waals surface area (Å²) in [4.78, 5) is 12.0. The Balaban J connectivity index is 1.82. The number of carbonyl (C=O) groups is 1.